The molecule has 0 radical (unpaired) electrons. The monoisotopic (exact) mass is 243 g/mol. The van der Waals surface area contributed by atoms with E-state index < -0.39 is 0 Å². The Morgan fingerprint density at radius 1 is 1.28 bits per heavy atom. The van der Waals surface area contributed by atoms with E-state index in [2.05, 4.69) is 0 Å². The van der Waals surface area contributed by atoms with Crippen molar-refractivity contribution in [2.24, 2.45) is 16.8 Å². The van der Waals surface area contributed by atoms with Crippen LogP contribution >= 0.6 is 0 Å². The lowest BCUT2D eigenvalue weighted by molar-refractivity contribution is 0.0852. The Labute approximate surface area is 109 Å². The van der Waals surface area contributed by atoms with Gasteiger partial charge in [0, 0.05) is 11.8 Å². The van der Waals surface area contributed by atoms with Gasteiger partial charge < -0.3 is 5.11 Å². The number of phenolic OH excluding ortho intramolecular Hbond substituents is 1. The molecule has 0 amide bonds. The van der Waals surface area contributed by atoms with E-state index in [0.29, 0.717) is 11.8 Å². The highest BCUT2D eigenvalue weighted by Crippen LogP contribution is 2.46. The first kappa shape index (κ1) is 11.8. The Morgan fingerprint density at radius 2 is 2.11 bits per heavy atom. The number of phenols is 1. The van der Waals surface area contributed by atoms with Crippen molar-refractivity contribution < 1.29 is 5.11 Å². The standard InChI is InChI=1S/C16H21NO/c1-11-5-4-7-13(16(11)18)10-17-15-9-12-6-2-3-8-14(12)15/h4-5,7,10,12,14-15,18H,2-3,6,8-9H2,1H3. The molecule has 0 spiro atoms. The molecule has 0 heterocycles. The number of fused-ring (bicyclic) bond motifs is 1. The normalized spacial score (nSPS) is 31.1. The summed E-state index contributed by atoms with van der Waals surface area (Å²) in [5.74, 6) is 2.13. The van der Waals surface area contributed by atoms with Crippen LogP contribution in [0.2, 0.25) is 0 Å². The number of nitrogens with zero attached hydrogens (tertiary/aromatic N) is 1. The summed E-state index contributed by atoms with van der Waals surface area (Å²) in [6, 6.07) is 6.34. The number of para-hydroxylation sites is 1. The van der Waals surface area contributed by atoms with Gasteiger partial charge in [-0.15, -0.1) is 0 Å². The summed E-state index contributed by atoms with van der Waals surface area (Å²) < 4.78 is 0. The van der Waals surface area contributed by atoms with Crippen molar-refractivity contribution in [3.05, 3.63) is 29.3 Å². The summed E-state index contributed by atoms with van der Waals surface area (Å²) in [5, 5.41) is 9.94. The number of aromatic hydroxyl groups is 1. The maximum absolute atomic E-state index is 9.94. The van der Waals surface area contributed by atoms with Crippen LogP contribution in [0.4, 0.5) is 0 Å². The Morgan fingerprint density at radius 3 is 2.94 bits per heavy atom. The number of benzene rings is 1. The van der Waals surface area contributed by atoms with E-state index in [1.165, 1.54) is 32.1 Å². The topological polar surface area (TPSA) is 32.6 Å². The molecular formula is C16H21NO. The van der Waals surface area contributed by atoms with E-state index >= 15 is 0 Å². The third-order valence-electron chi connectivity index (χ3n) is 4.68. The van der Waals surface area contributed by atoms with Crippen LogP contribution in [0.5, 0.6) is 5.75 Å². The highest BCUT2D eigenvalue weighted by atomic mass is 16.3. The summed E-state index contributed by atoms with van der Waals surface area (Å²) in [5.41, 5.74) is 1.78. The third-order valence-corrected chi connectivity index (χ3v) is 4.68. The van der Waals surface area contributed by atoms with Crippen LogP contribution in [0.1, 0.15) is 43.2 Å². The summed E-state index contributed by atoms with van der Waals surface area (Å²) in [6.45, 7) is 1.92. The number of aryl methyl sites for hydroxylation is 1. The fourth-order valence-electron chi connectivity index (χ4n) is 3.46. The minimum atomic E-state index is 0.376. The first-order valence-electron chi connectivity index (χ1n) is 7.07. The summed E-state index contributed by atoms with van der Waals surface area (Å²) in [4.78, 5) is 4.70. The maximum Gasteiger partial charge on any atom is 0.127 e. The molecule has 2 heteroatoms. The van der Waals surface area contributed by atoms with Crippen LogP contribution < -0.4 is 0 Å². The fraction of sp³-hybridized carbons (Fsp3) is 0.562. The predicted octanol–water partition coefficient (Wildman–Crippen LogP) is 3.70. The van der Waals surface area contributed by atoms with Crippen LogP contribution in [0, 0.1) is 18.8 Å². The minimum Gasteiger partial charge on any atom is -0.507 e. The number of aliphatic imine (C=N–C) groups is 1. The van der Waals surface area contributed by atoms with E-state index in [1.54, 1.807) is 0 Å². The van der Waals surface area contributed by atoms with Gasteiger partial charge in [-0.05, 0) is 43.2 Å². The largest absolute Gasteiger partial charge is 0.507 e. The van der Waals surface area contributed by atoms with Gasteiger partial charge in [-0.2, -0.15) is 0 Å². The lowest BCUT2D eigenvalue weighted by Gasteiger charge is -2.45. The average Bonchev–Trinajstić information content (AvgIpc) is 2.35. The van der Waals surface area contributed by atoms with Gasteiger partial charge in [0.05, 0.1) is 6.04 Å². The van der Waals surface area contributed by atoms with E-state index in [4.69, 9.17) is 4.99 Å². The van der Waals surface area contributed by atoms with Crippen molar-refractivity contribution >= 4 is 6.21 Å². The fourth-order valence-corrected chi connectivity index (χ4v) is 3.46. The van der Waals surface area contributed by atoms with Crippen LogP contribution in [0.3, 0.4) is 0 Å². The van der Waals surface area contributed by atoms with Gasteiger partial charge in [-0.25, -0.2) is 0 Å². The van der Waals surface area contributed by atoms with E-state index in [0.717, 1.165) is 23.0 Å². The number of hydrogen-bond donors (Lipinski definition) is 1. The molecule has 2 saturated carbocycles. The van der Waals surface area contributed by atoms with Crippen LogP contribution in [-0.2, 0) is 0 Å². The Bertz CT molecular complexity index is 466. The maximum atomic E-state index is 9.94. The van der Waals surface area contributed by atoms with Crippen LogP contribution in [0.15, 0.2) is 23.2 Å². The van der Waals surface area contributed by atoms with Gasteiger partial charge in [0.2, 0.25) is 0 Å². The van der Waals surface area contributed by atoms with Gasteiger partial charge >= 0.3 is 0 Å². The zero-order valence-corrected chi connectivity index (χ0v) is 11.0. The zero-order chi connectivity index (χ0) is 12.5. The van der Waals surface area contributed by atoms with Crippen molar-refractivity contribution in [3.8, 4) is 5.75 Å². The minimum absolute atomic E-state index is 0.376. The van der Waals surface area contributed by atoms with Crippen molar-refractivity contribution in [1.82, 2.24) is 0 Å². The molecule has 96 valence electrons. The zero-order valence-electron chi connectivity index (χ0n) is 11.0. The highest BCUT2D eigenvalue weighted by molar-refractivity contribution is 5.84. The van der Waals surface area contributed by atoms with Crippen molar-refractivity contribution in [3.63, 3.8) is 0 Å². The Kier molecular flexibility index (Phi) is 3.11. The molecule has 2 aliphatic carbocycles. The molecular weight excluding hydrogens is 222 g/mol. The predicted molar refractivity (Wildman–Crippen MR) is 74.3 cm³/mol. The van der Waals surface area contributed by atoms with Gasteiger partial charge in [-0.1, -0.05) is 31.4 Å². The van der Waals surface area contributed by atoms with Gasteiger partial charge in [0.1, 0.15) is 5.75 Å². The molecule has 3 unspecified atom stereocenters. The summed E-state index contributed by atoms with van der Waals surface area (Å²) in [7, 11) is 0. The SMILES string of the molecule is Cc1cccc(C=NC2CC3CCCCC32)c1O. The molecule has 3 atom stereocenters. The second-order valence-corrected chi connectivity index (χ2v) is 5.80. The van der Waals surface area contributed by atoms with Crippen molar-refractivity contribution in [2.75, 3.05) is 0 Å². The second kappa shape index (κ2) is 4.75. The quantitative estimate of drug-likeness (QED) is 0.789. The van der Waals surface area contributed by atoms with E-state index in [-0.39, 0.29) is 0 Å². The first-order valence-corrected chi connectivity index (χ1v) is 7.07. The smallest absolute Gasteiger partial charge is 0.127 e. The lowest BCUT2D eigenvalue weighted by atomic mass is 9.62. The number of hydrogen-bond acceptors (Lipinski definition) is 2. The van der Waals surface area contributed by atoms with Gasteiger partial charge in [-0.3, -0.25) is 4.99 Å². The molecule has 1 N–H and O–H groups in total. The molecule has 3 rings (SSSR count). The molecule has 2 aliphatic rings. The molecule has 1 aromatic carbocycles. The van der Waals surface area contributed by atoms with Gasteiger partial charge in [0.15, 0.2) is 0 Å². The highest BCUT2D eigenvalue weighted by Gasteiger charge is 2.41. The van der Waals surface area contributed by atoms with Crippen LogP contribution in [-0.4, -0.2) is 17.4 Å². The molecule has 2 nitrogen and oxygen atoms in total. The van der Waals surface area contributed by atoms with E-state index in [1.807, 2.05) is 31.3 Å². The molecule has 0 aromatic heterocycles. The molecule has 0 saturated heterocycles. The van der Waals surface area contributed by atoms with Gasteiger partial charge in [0.25, 0.3) is 0 Å². The van der Waals surface area contributed by atoms with Crippen LogP contribution in [0.25, 0.3) is 0 Å². The summed E-state index contributed by atoms with van der Waals surface area (Å²) >= 11 is 0. The Balaban J connectivity index is 1.69. The average molecular weight is 243 g/mol. The number of rotatable bonds is 2. The summed E-state index contributed by atoms with van der Waals surface area (Å²) in [6.07, 6.45) is 8.68. The second-order valence-electron chi connectivity index (χ2n) is 5.80. The molecule has 18 heavy (non-hydrogen) atoms. The van der Waals surface area contributed by atoms with Crippen molar-refractivity contribution in [1.29, 1.82) is 0 Å². The molecule has 0 aliphatic heterocycles. The molecule has 1 aromatic rings. The lowest BCUT2D eigenvalue weighted by Crippen LogP contribution is -2.42. The van der Waals surface area contributed by atoms with Crippen molar-refractivity contribution in [2.45, 2.75) is 45.1 Å². The molecule has 0 bridgehead atoms. The molecule has 2 fully saturated rings. The third kappa shape index (κ3) is 2.05. The first-order chi connectivity index (χ1) is 8.75. The van der Waals surface area contributed by atoms with E-state index in [9.17, 15) is 5.11 Å². The Hall–Kier alpha value is -1.31.